The van der Waals surface area contributed by atoms with Crippen molar-refractivity contribution < 1.29 is 80.2 Å². The Kier molecular flexibility index (Phi) is 63.7. The normalized spacial score (nSPS) is 14.4. The largest absolute Gasteiger partial charge is 0.472 e. The van der Waals surface area contributed by atoms with Crippen molar-refractivity contribution in [3.05, 3.63) is 0 Å². The van der Waals surface area contributed by atoms with Gasteiger partial charge in [0.1, 0.15) is 19.3 Å². The van der Waals surface area contributed by atoms with Crippen LogP contribution in [0.25, 0.3) is 0 Å². The van der Waals surface area contributed by atoms with E-state index in [0.29, 0.717) is 25.7 Å². The molecule has 0 aliphatic rings. The summed E-state index contributed by atoms with van der Waals surface area (Å²) in [5.41, 5.74) is 0. The van der Waals surface area contributed by atoms with Crippen LogP contribution >= 0.6 is 15.6 Å². The predicted molar refractivity (Wildman–Crippen MR) is 372 cm³/mol. The van der Waals surface area contributed by atoms with Crippen molar-refractivity contribution in [2.75, 3.05) is 39.6 Å². The van der Waals surface area contributed by atoms with E-state index in [4.69, 9.17) is 37.0 Å². The van der Waals surface area contributed by atoms with Gasteiger partial charge in [0.05, 0.1) is 26.4 Å². The van der Waals surface area contributed by atoms with E-state index in [2.05, 4.69) is 41.5 Å². The zero-order valence-electron chi connectivity index (χ0n) is 59.9. The molecule has 0 aliphatic carbocycles. The van der Waals surface area contributed by atoms with E-state index in [1.165, 1.54) is 193 Å². The average Bonchev–Trinajstić information content (AvgIpc) is 1.93. The number of ether oxygens (including phenoxy) is 4. The molecular formula is C73H142O17P2. The summed E-state index contributed by atoms with van der Waals surface area (Å²) in [6, 6.07) is 0. The fourth-order valence-corrected chi connectivity index (χ4v) is 12.7. The first-order valence-corrected chi connectivity index (χ1v) is 41.0. The molecule has 0 aliphatic heterocycles. The smallest absolute Gasteiger partial charge is 0.462 e. The summed E-state index contributed by atoms with van der Waals surface area (Å²) in [7, 11) is -9.91. The van der Waals surface area contributed by atoms with Gasteiger partial charge in [-0.05, 0) is 37.5 Å². The molecule has 0 saturated heterocycles. The van der Waals surface area contributed by atoms with Crippen LogP contribution < -0.4 is 0 Å². The van der Waals surface area contributed by atoms with Crippen molar-refractivity contribution >= 4 is 39.5 Å². The SMILES string of the molecule is CCCCCCCCCCCCCCCCC(=O)O[C@H](COC(=O)CCCCCCCCCCCC)COP(=O)(O)OC[C@H](O)COP(=O)(O)OC[C@@H](COC(=O)CCCCCCCCCCCCC(C)CC)OC(=O)CCCCCCCCCCCCCC(C)C. The van der Waals surface area contributed by atoms with Crippen molar-refractivity contribution in [3.63, 3.8) is 0 Å². The summed E-state index contributed by atoms with van der Waals surface area (Å²) < 4.78 is 68.4. The first kappa shape index (κ1) is 90.1. The number of unbranched alkanes of at least 4 members (excludes halogenated alkanes) is 41. The highest BCUT2D eigenvalue weighted by molar-refractivity contribution is 7.47. The number of carbonyl (C=O) groups is 4. The van der Waals surface area contributed by atoms with E-state index in [0.717, 1.165) is 102 Å². The minimum Gasteiger partial charge on any atom is -0.462 e. The molecule has 0 fully saturated rings. The number of phosphoric ester groups is 2. The highest BCUT2D eigenvalue weighted by Gasteiger charge is 2.30. The van der Waals surface area contributed by atoms with Crippen LogP contribution in [0.15, 0.2) is 0 Å². The molecular weight excluding hydrogens is 1210 g/mol. The summed E-state index contributed by atoms with van der Waals surface area (Å²) in [4.78, 5) is 72.7. The van der Waals surface area contributed by atoms with Gasteiger partial charge in [-0.15, -0.1) is 0 Å². The molecule has 92 heavy (non-hydrogen) atoms. The van der Waals surface area contributed by atoms with E-state index in [1.807, 2.05) is 0 Å². The van der Waals surface area contributed by atoms with Crippen LogP contribution in [0.3, 0.4) is 0 Å². The topological polar surface area (TPSA) is 237 Å². The summed E-state index contributed by atoms with van der Waals surface area (Å²) in [6.07, 6.45) is 51.1. The fraction of sp³-hybridized carbons (Fsp3) is 0.945. The number of esters is 4. The maximum Gasteiger partial charge on any atom is 0.472 e. The van der Waals surface area contributed by atoms with Crippen LogP contribution in [0.2, 0.25) is 0 Å². The molecule has 0 rings (SSSR count). The molecule has 0 bridgehead atoms. The Morgan fingerprint density at radius 2 is 0.554 bits per heavy atom. The minimum absolute atomic E-state index is 0.106. The Balaban J connectivity index is 5.26. The Morgan fingerprint density at radius 3 is 0.826 bits per heavy atom. The molecule has 3 unspecified atom stereocenters. The van der Waals surface area contributed by atoms with Gasteiger partial charge in [-0.3, -0.25) is 37.3 Å². The number of phosphoric acid groups is 2. The van der Waals surface area contributed by atoms with Crippen LogP contribution in [0, 0.1) is 11.8 Å². The van der Waals surface area contributed by atoms with Gasteiger partial charge in [-0.1, -0.05) is 324 Å². The van der Waals surface area contributed by atoms with Crippen molar-refractivity contribution in [2.45, 2.75) is 394 Å². The summed E-state index contributed by atoms with van der Waals surface area (Å²) in [5, 5.41) is 10.6. The standard InChI is InChI=1S/C73H142O17P2/c1-7-10-12-14-16-18-20-21-22-25-33-39-45-51-57-72(77)89-68(61-83-70(75)55-49-43-37-31-19-17-15-13-11-8-2)63-87-91(79,80)85-59-67(74)60-86-92(81,82)88-64-69(90-73(78)58-52-46-40-34-26-23-24-29-35-41-47-53-65(4)5)62-84-71(76)56-50-44-38-32-28-27-30-36-42-48-54-66(6)9-3/h65-69,74H,7-64H2,1-6H3,(H,79,80)(H,81,82)/t66?,67-,68+,69+/m0/s1. The zero-order chi connectivity index (χ0) is 67.9. The minimum atomic E-state index is -4.95. The first-order chi connectivity index (χ1) is 44.4. The lowest BCUT2D eigenvalue weighted by Gasteiger charge is -2.21. The highest BCUT2D eigenvalue weighted by Crippen LogP contribution is 2.45. The maximum atomic E-state index is 13.1. The number of hydrogen-bond acceptors (Lipinski definition) is 15. The first-order valence-electron chi connectivity index (χ1n) is 38.0. The van der Waals surface area contributed by atoms with E-state index < -0.39 is 97.5 Å². The van der Waals surface area contributed by atoms with Crippen LogP contribution in [-0.2, 0) is 65.4 Å². The van der Waals surface area contributed by atoms with Crippen molar-refractivity contribution in [3.8, 4) is 0 Å². The second-order valence-corrected chi connectivity index (χ2v) is 30.0. The lowest BCUT2D eigenvalue weighted by Crippen LogP contribution is -2.30. The van der Waals surface area contributed by atoms with Crippen LogP contribution in [-0.4, -0.2) is 96.7 Å². The number of aliphatic hydroxyl groups excluding tert-OH is 1. The fourth-order valence-electron chi connectivity index (χ4n) is 11.1. The Labute approximate surface area is 562 Å². The number of carbonyl (C=O) groups excluding carboxylic acids is 4. The van der Waals surface area contributed by atoms with Crippen molar-refractivity contribution in [1.29, 1.82) is 0 Å². The monoisotopic (exact) mass is 1350 g/mol. The van der Waals surface area contributed by atoms with Crippen LogP contribution in [0.4, 0.5) is 0 Å². The van der Waals surface area contributed by atoms with Crippen molar-refractivity contribution in [2.24, 2.45) is 11.8 Å². The van der Waals surface area contributed by atoms with Gasteiger partial charge in [-0.25, -0.2) is 9.13 Å². The second kappa shape index (κ2) is 65.0. The van der Waals surface area contributed by atoms with Gasteiger partial charge in [-0.2, -0.15) is 0 Å². The number of hydrogen-bond donors (Lipinski definition) is 3. The molecule has 0 saturated carbocycles. The third-order valence-electron chi connectivity index (χ3n) is 17.3. The molecule has 0 spiro atoms. The molecule has 0 heterocycles. The quantitative estimate of drug-likeness (QED) is 0.0222. The lowest BCUT2D eigenvalue weighted by molar-refractivity contribution is -0.161. The summed E-state index contributed by atoms with van der Waals surface area (Å²) in [6.45, 7) is 9.60. The van der Waals surface area contributed by atoms with E-state index >= 15 is 0 Å². The van der Waals surface area contributed by atoms with Gasteiger partial charge in [0.15, 0.2) is 12.2 Å². The molecule has 6 atom stereocenters. The summed E-state index contributed by atoms with van der Waals surface area (Å²) in [5.74, 6) is -0.543. The molecule has 0 aromatic carbocycles. The molecule has 0 aromatic heterocycles. The molecule has 0 aromatic rings. The van der Waals surface area contributed by atoms with E-state index in [1.54, 1.807) is 0 Å². The van der Waals surface area contributed by atoms with Gasteiger partial charge >= 0.3 is 39.5 Å². The Morgan fingerprint density at radius 1 is 0.315 bits per heavy atom. The molecule has 0 radical (unpaired) electrons. The van der Waals surface area contributed by atoms with E-state index in [9.17, 15) is 43.2 Å². The molecule has 546 valence electrons. The average molecular weight is 1350 g/mol. The molecule has 0 amide bonds. The number of aliphatic hydroxyl groups is 1. The van der Waals surface area contributed by atoms with Gasteiger partial charge in [0.2, 0.25) is 0 Å². The Bertz CT molecular complexity index is 1790. The van der Waals surface area contributed by atoms with Gasteiger partial charge < -0.3 is 33.8 Å². The third-order valence-corrected chi connectivity index (χ3v) is 19.2. The van der Waals surface area contributed by atoms with Gasteiger partial charge in [0, 0.05) is 25.7 Å². The van der Waals surface area contributed by atoms with E-state index in [-0.39, 0.29) is 25.7 Å². The lowest BCUT2D eigenvalue weighted by atomic mass is 9.99. The highest BCUT2D eigenvalue weighted by atomic mass is 31.2. The van der Waals surface area contributed by atoms with Crippen molar-refractivity contribution in [1.82, 2.24) is 0 Å². The summed E-state index contributed by atoms with van der Waals surface area (Å²) >= 11 is 0. The maximum absolute atomic E-state index is 13.1. The zero-order valence-corrected chi connectivity index (χ0v) is 61.6. The Hall–Kier alpha value is -1.94. The molecule has 3 N–H and O–H groups in total. The second-order valence-electron chi connectivity index (χ2n) is 27.1. The third kappa shape index (κ3) is 65.4. The molecule has 19 heteroatoms. The number of rotatable bonds is 72. The van der Waals surface area contributed by atoms with Crippen LogP contribution in [0.5, 0.6) is 0 Å². The van der Waals surface area contributed by atoms with Crippen LogP contribution in [0.1, 0.15) is 375 Å². The van der Waals surface area contributed by atoms with Gasteiger partial charge in [0.25, 0.3) is 0 Å². The predicted octanol–water partition coefficient (Wildman–Crippen LogP) is 21.2. The molecule has 17 nitrogen and oxygen atoms in total.